The van der Waals surface area contributed by atoms with Crippen molar-refractivity contribution in [2.24, 2.45) is 0 Å². The van der Waals surface area contributed by atoms with Gasteiger partial charge < -0.3 is 19.5 Å². The van der Waals surface area contributed by atoms with Crippen LogP contribution in [-0.4, -0.2) is 46.2 Å². The highest BCUT2D eigenvalue weighted by Gasteiger charge is 2.24. The lowest BCUT2D eigenvalue weighted by Crippen LogP contribution is -2.52. The molecular formula is C23H26N4O2. The summed E-state index contributed by atoms with van der Waals surface area (Å²) in [6.45, 7) is 3.26. The summed E-state index contributed by atoms with van der Waals surface area (Å²) in [6.07, 6.45) is 4.52. The van der Waals surface area contributed by atoms with Crippen molar-refractivity contribution in [2.75, 3.05) is 19.6 Å². The molecule has 1 aliphatic heterocycles. The molecule has 1 amide bonds. The van der Waals surface area contributed by atoms with Crippen molar-refractivity contribution in [1.82, 2.24) is 19.8 Å². The monoisotopic (exact) mass is 390 g/mol. The van der Waals surface area contributed by atoms with Crippen molar-refractivity contribution in [3.8, 4) is 11.4 Å². The predicted molar refractivity (Wildman–Crippen MR) is 112 cm³/mol. The van der Waals surface area contributed by atoms with E-state index in [1.807, 2.05) is 60.9 Å². The number of piperazine rings is 1. The molecule has 0 aliphatic carbocycles. The minimum Gasteiger partial charge on any atom is -0.445 e. The van der Waals surface area contributed by atoms with Crippen LogP contribution in [0.5, 0.6) is 0 Å². The zero-order valence-electron chi connectivity index (χ0n) is 16.4. The molecule has 0 saturated carbocycles. The summed E-state index contributed by atoms with van der Waals surface area (Å²) in [7, 11) is 0. The van der Waals surface area contributed by atoms with E-state index in [2.05, 4.69) is 27.0 Å². The molecule has 0 bridgehead atoms. The zero-order chi connectivity index (χ0) is 19.9. The van der Waals surface area contributed by atoms with Crippen LogP contribution in [0.15, 0.2) is 73.1 Å². The number of hydrogen-bond donors (Lipinski definition) is 1. The fourth-order valence-corrected chi connectivity index (χ4v) is 3.63. The van der Waals surface area contributed by atoms with Crippen molar-refractivity contribution < 1.29 is 9.53 Å². The Bertz CT molecular complexity index is 911. The van der Waals surface area contributed by atoms with E-state index in [4.69, 9.17) is 4.74 Å². The van der Waals surface area contributed by atoms with Crippen LogP contribution in [0.1, 0.15) is 12.0 Å². The molecule has 1 N–H and O–H groups in total. The Morgan fingerprint density at radius 1 is 1.10 bits per heavy atom. The molecule has 29 heavy (non-hydrogen) atoms. The molecule has 6 heteroatoms. The van der Waals surface area contributed by atoms with E-state index in [0.717, 1.165) is 36.5 Å². The number of ether oxygens (including phenoxy) is 1. The fourth-order valence-electron chi connectivity index (χ4n) is 3.63. The first kappa shape index (κ1) is 19.2. The van der Waals surface area contributed by atoms with Crippen molar-refractivity contribution >= 4 is 6.09 Å². The van der Waals surface area contributed by atoms with Gasteiger partial charge in [-0.15, -0.1) is 0 Å². The minimum absolute atomic E-state index is 0.235. The van der Waals surface area contributed by atoms with Crippen LogP contribution >= 0.6 is 0 Å². The molecule has 1 aliphatic rings. The van der Waals surface area contributed by atoms with Crippen LogP contribution in [-0.2, 0) is 17.9 Å². The van der Waals surface area contributed by atoms with Crippen molar-refractivity contribution in [3.05, 3.63) is 78.6 Å². The smallest absolute Gasteiger partial charge is 0.410 e. The van der Waals surface area contributed by atoms with Gasteiger partial charge in [0.1, 0.15) is 12.4 Å². The maximum absolute atomic E-state index is 12.4. The van der Waals surface area contributed by atoms with Gasteiger partial charge in [-0.3, -0.25) is 0 Å². The van der Waals surface area contributed by atoms with Gasteiger partial charge in [0.2, 0.25) is 0 Å². The van der Waals surface area contributed by atoms with Crippen LogP contribution in [0.25, 0.3) is 11.4 Å². The molecule has 2 aromatic carbocycles. The van der Waals surface area contributed by atoms with Crippen molar-refractivity contribution in [3.63, 3.8) is 0 Å². The van der Waals surface area contributed by atoms with Crippen LogP contribution in [0.2, 0.25) is 0 Å². The summed E-state index contributed by atoms with van der Waals surface area (Å²) < 4.78 is 7.66. The summed E-state index contributed by atoms with van der Waals surface area (Å²) >= 11 is 0. The quantitative estimate of drug-likeness (QED) is 0.699. The second kappa shape index (κ2) is 9.39. The SMILES string of the molecule is O=C(OCc1ccccc1)N1CCN[C@H](CCn2ccnc2-c2ccccc2)C1. The molecule has 1 saturated heterocycles. The lowest BCUT2D eigenvalue weighted by Gasteiger charge is -2.33. The molecule has 0 spiro atoms. The first-order chi connectivity index (χ1) is 14.3. The van der Waals surface area contributed by atoms with Gasteiger partial charge in [-0.2, -0.15) is 0 Å². The fraction of sp³-hybridized carbons (Fsp3) is 0.304. The third-order valence-corrected chi connectivity index (χ3v) is 5.18. The number of amides is 1. The molecule has 6 nitrogen and oxygen atoms in total. The lowest BCUT2D eigenvalue weighted by molar-refractivity contribution is 0.0839. The van der Waals surface area contributed by atoms with Gasteiger partial charge in [-0.05, 0) is 12.0 Å². The van der Waals surface area contributed by atoms with Gasteiger partial charge in [-0.1, -0.05) is 60.7 Å². The van der Waals surface area contributed by atoms with E-state index < -0.39 is 0 Å². The van der Waals surface area contributed by atoms with Gasteiger partial charge in [0.05, 0.1) is 0 Å². The topological polar surface area (TPSA) is 59.4 Å². The Kier molecular flexibility index (Phi) is 6.22. The first-order valence-electron chi connectivity index (χ1n) is 10.0. The summed E-state index contributed by atoms with van der Waals surface area (Å²) in [6, 6.07) is 20.2. The average Bonchev–Trinajstić information content (AvgIpc) is 3.26. The van der Waals surface area contributed by atoms with Crippen LogP contribution < -0.4 is 5.32 Å². The molecule has 2 heterocycles. The maximum Gasteiger partial charge on any atom is 0.410 e. The lowest BCUT2D eigenvalue weighted by atomic mass is 10.1. The number of hydrogen-bond acceptors (Lipinski definition) is 4. The number of aryl methyl sites for hydroxylation is 1. The van der Waals surface area contributed by atoms with Crippen LogP contribution in [0.4, 0.5) is 4.79 Å². The Morgan fingerprint density at radius 3 is 2.66 bits per heavy atom. The second-order valence-corrected chi connectivity index (χ2v) is 7.24. The number of rotatable bonds is 6. The third-order valence-electron chi connectivity index (χ3n) is 5.18. The molecule has 4 rings (SSSR count). The van der Waals surface area contributed by atoms with Gasteiger partial charge in [-0.25, -0.2) is 9.78 Å². The van der Waals surface area contributed by atoms with E-state index in [1.54, 1.807) is 4.90 Å². The molecule has 1 atom stereocenters. The number of aromatic nitrogens is 2. The molecular weight excluding hydrogens is 364 g/mol. The highest BCUT2D eigenvalue weighted by atomic mass is 16.6. The minimum atomic E-state index is -0.243. The standard InChI is InChI=1S/C23H26N4O2/c28-23(29-18-19-7-3-1-4-8-19)27-16-12-24-21(17-27)11-14-26-15-13-25-22(26)20-9-5-2-6-10-20/h1-10,13,15,21,24H,11-12,14,16-18H2/t21-/m1/s1. The van der Waals surface area contributed by atoms with Gasteiger partial charge in [0, 0.05) is 50.2 Å². The maximum atomic E-state index is 12.4. The van der Waals surface area contributed by atoms with E-state index in [-0.39, 0.29) is 12.1 Å². The third kappa shape index (κ3) is 5.03. The average molecular weight is 390 g/mol. The number of nitrogens with one attached hydrogen (secondary N) is 1. The second-order valence-electron chi connectivity index (χ2n) is 7.24. The zero-order valence-corrected chi connectivity index (χ0v) is 16.4. The molecule has 1 fully saturated rings. The van der Waals surface area contributed by atoms with E-state index in [9.17, 15) is 4.79 Å². The molecule has 0 unspecified atom stereocenters. The van der Waals surface area contributed by atoms with E-state index in [0.29, 0.717) is 19.7 Å². The number of benzene rings is 2. The van der Waals surface area contributed by atoms with Crippen LogP contribution in [0, 0.1) is 0 Å². The molecule has 0 radical (unpaired) electrons. The number of carbonyl (C=O) groups is 1. The van der Waals surface area contributed by atoms with Gasteiger partial charge in [0.25, 0.3) is 0 Å². The number of imidazole rings is 1. The Morgan fingerprint density at radius 2 is 1.86 bits per heavy atom. The highest BCUT2D eigenvalue weighted by molar-refractivity contribution is 5.67. The largest absolute Gasteiger partial charge is 0.445 e. The Balaban J connectivity index is 1.29. The van der Waals surface area contributed by atoms with Crippen molar-refractivity contribution in [2.45, 2.75) is 25.6 Å². The number of carbonyl (C=O) groups excluding carboxylic acids is 1. The molecule has 1 aromatic heterocycles. The van der Waals surface area contributed by atoms with E-state index >= 15 is 0 Å². The first-order valence-corrected chi connectivity index (χ1v) is 10.0. The predicted octanol–water partition coefficient (Wildman–Crippen LogP) is 3.55. The van der Waals surface area contributed by atoms with Crippen molar-refractivity contribution in [1.29, 1.82) is 0 Å². The van der Waals surface area contributed by atoms with Crippen LogP contribution in [0.3, 0.4) is 0 Å². The van der Waals surface area contributed by atoms with E-state index in [1.165, 1.54) is 0 Å². The van der Waals surface area contributed by atoms with Gasteiger partial charge >= 0.3 is 6.09 Å². The summed E-state index contributed by atoms with van der Waals surface area (Å²) in [5.41, 5.74) is 2.11. The Hall–Kier alpha value is -3.12. The summed E-state index contributed by atoms with van der Waals surface area (Å²) in [4.78, 5) is 18.8. The van der Waals surface area contributed by atoms with Gasteiger partial charge in [0.15, 0.2) is 0 Å². The summed E-state index contributed by atoms with van der Waals surface area (Å²) in [5.74, 6) is 0.973. The molecule has 3 aromatic rings. The Labute approximate surface area is 171 Å². The normalized spacial score (nSPS) is 16.6. The molecule has 150 valence electrons. The summed E-state index contributed by atoms with van der Waals surface area (Å²) in [5, 5.41) is 3.52. The number of nitrogens with zero attached hydrogens (tertiary/aromatic N) is 3. The highest BCUT2D eigenvalue weighted by Crippen LogP contribution is 2.18.